The zero-order valence-electron chi connectivity index (χ0n) is 12.2. The first kappa shape index (κ1) is 13.6. The molecule has 2 atom stereocenters. The fourth-order valence-corrected chi connectivity index (χ4v) is 3.20. The predicted octanol–water partition coefficient (Wildman–Crippen LogP) is 3.11. The summed E-state index contributed by atoms with van der Waals surface area (Å²) in [5.41, 5.74) is 0.403. The van der Waals surface area contributed by atoms with E-state index in [1.807, 2.05) is 12.4 Å². The van der Waals surface area contributed by atoms with E-state index in [4.69, 9.17) is 0 Å². The lowest BCUT2D eigenvalue weighted by atomic mass is 9.69. The van der Waals surface area contributed by atoms with Gasteiger partial charge in [0.2, 0.25) is 0 Å². The maximum atomic E-state index is 4.39. The van der Waals surface area contributed by atoms with Gasteiger partial charge in [-0.3, -0.25) is 0 Å². The fourth-order valence-electron chi connectivity index (χ4n) is 3.20. The molecule has 0 radical (unpaired) electrons. The van der Waals surface area contributed by atoms with Crippen LogP contribution in [0.5, 0.6) is 0 Å². The van der Waals surface area contributed by atoms with Gasteiger partial charge in [0.25, 0.3) is 0 Å². The first-order valence-electron chi connectivity index (χ1n) is 7.18. The molecule has 1 aliphatic rings. The molecular weight excluding hydrogens is 222 g/mol. The Bertz CT molecular complexity index is 375. The summed E-state index contributed by atoms with van der Waals surface area (Å²) < 4.78 is 2.10. The molecule has 0 aliphatic heterocycles. The molecule has 2 rings (SSSR count). The molecule has 1 saturated carbocycles. The van der Waals surface area contributed by atoms with Gasteiger partial charge in [0.05, 0.1) is 6.54 Å². The van der Waals surface area contributed by atoms with E-state index >= 15 is 0 Å². The molecule has 1 aromatic heterocycles. The molecular formula is C15H27N3. The average Bonchev–Trinajstić information content (AvgIpc) is 2.71. The van der Waals surface area contributed by atoms with Crippen LogP contribution in [0.1, 0.15) is 52.3 Å². The molecule has 1 heterocycles. The van der Waals surface area contributed by atoms with E-state index in [0.717, 1.165) is 18.3 Å². The van der Waals surface area contributed by atoms with Crippen LogP contribution in [-0.4, -0.2) is 15.6 Å². The molecule has 102 valence electrons. The third kappa shape index (κ3) is 3.14. The highest BCUT2D eigenvalue weighted by Gasteiger charge is 2.33. The Balaban J connectivity index is 1.96. The van der Waals surface area contributed by atoms with Gasteiger partial charge in [-0.05, 0) is 24.2 Å². The van der Waals surface area contributed by atoms with Gasteiger partial charge in [-0.25, -0.2) is 4.98 Å². The van der Waals surface area contributed by atoms with E-state index in [-0.39, 0.29) is 0 Å². The molecule has 1 N–H and O–H groups in total. The predicted molar refractivity (Wildman–Crippen MR) is 75.2 cm³/mol. The maximum Gasteiger partial charge on any atom is 0.122 e. The minimum atomic E-state index is 0.403. The lowest BCUT2D eigenvalue weighted by Crippen LogP contribution is -2.44. The van der Waals surface area contributed by atoms with E-state index < -0.39 is 0 Å². The zero-order valence-corrected chi connectivity index (χ0v) is 12.2. The Morgan fingerprint density at radius 2 is 2.06 bits per heavy atom. The molecule has 1 aliphatic carbocycles. The van der Waals surface area contributed by atoms with Crippen molar-refractivity contribution >= 4 is 0 Å². The second kappa shape index (κ2) is 5.43. The minimum absolute atomic E-state index is 0.403. The van der Waals surface area contributed by atoms with Crippen molar-refractivity contribution in [3.8, 4) is 0 Å². The fraction of sp³-hybridized carbons (Fsp3) is 0.800. The van der Waals surface area contributed by atoms with Gasteiger partial charge >= 0.3 is 0 Å². The van der Waals surface area contributed by atoms with Gasteiger partial charge in [-0.15, -0.1) is 0 Å². The minimum Gasteiger partial charge on any atom is -0.337 e. The summed E-state index contributed by atoms with van der Waals surface area (Å²) in [7, 11) is 2.06. The number of rotatable bonds is 3. The van der Waals surface area contributed by atoms with Gasteiger partial charge in [0.1, 0.15) is 5.82 Å². The second-order valence-electron chi connectivity index (χ2n) is 6.70. The molecule has 0 saturated heterocycles. The topological polar surface area (TPSA) is 29.9 Å². The van der Waals surface area contributed by atoms with Crippen LogP contribution in [0.25, 0.3) is 0 Å². The standard InChI is InChI=1S/C15H27N3/c1-15(2,3)12-7-5-6-8-13(12)17-11-14-16-9-10-18(14)4/h9-10,12-13,17H,5-8,11H2,1-4H3. The van der Waals surface area contributed by atoms with Crippen molar-refractivity contribution in [2.45, 2.75) is 59.0 Å². The molecule has 3 heteroatoms. The highest BCUT2D eigenvalue weighted by Crippen LogP contribution is 2.38. The van der Waals surface area contributed by atoms with Crippen molar-refractivity contribution in [2.75, 3.05) is 0 Å². The van der Waals surface area contributed by atoms with Gasteiger partial charge in [0.15, 0.2) is 0 Å². The van der Waals surface area contributed by atoms with Crippen LogP contribution in [0.3, 0.4) is 0 Å². The van der Waals surface area contributed by atoms with Crippen molar-refractivity contribution in [1.82, 2.24) is 14.9 Å². The monoisotopic (exact) mass is 249 g/mol. The number of aryl methyl sites for hydroxylation is 1. The maximum absolute atomic E-state index is 4.39. The number of hydrogen-bond donors (Lipinski definition) is 1. The third-order valence-electron chi connectivity index (χ3n) is 4.32. The van der Waals surface area contributed by atoms with E-state index in [9.17, 15) is 0 Å². The molecule has 18 heavy (non-hydrogen) atoms. The summed E-state index contributed by atoms with van der Waals surface area (Å²) in [5, 5.41) is 3.74. The van der Waals surface area contributed by atoms with Crippen molar-refractivity contribution < 1.29 is 0 Å². The number of nitrogens with zero attached hydrogens (tertiary/aromatic N) is 2. The number of hydrogen-bond acceptors (Lipinski definition) is 2. The summed E-state index contributed by atoms with van der Waals surface area (Å²) in [5.74, 6) is 1.92. The number of imidazole rings is 1. The average molecular weight is 249 g/mol. The van der Waals surface area contributed by atoms with Crippen molar-refractivity contribution in [3.63, 3.8) is 0 Å². The molecule has 1 fully saturated rings. The largest absolute Gasteiger partial charge is 0.337 e. The van der Waals surface area contributed by atoms with Crippen LogP contribution in [-0.2, 0) is 13.6 Å². The Labute approximate surface area is 111 Å². The normalized spacial score (nSPS) is 25.3. The Kier molecular flexibility index (Phi) is 4.10. The first-order valence-corrected chi connectivity index (χ1v) is 7.18. The Morgan fingerprint density at radius 3 is 2.67 bits per heavy atom. The molecule has 0 spiro atoms. The van der Waals surface area contributed by atoms with E-state index in [0.29, 0.717) is 11.5 Å². The Morgan fingerprint density at radius 1 is 1.33 bits per heavy atom. The van der Waals surface area contributed by atoms with Crippen molar-refractivity contribution in [3.05, 3.63) is 18.2 Å². The van der Waals surface area contributed by atoms with Gasteiger partial charge in [-0.1, -0.05) is 33.6 Å². The van der Waals surface area contributed by atoms with Crippen molar-refractivity contribution in [2.24, 2.45) is 18.4 Å². The zero-order chi connectivity index (χ0) is 13.2. The lowest BCUT2D eigenvalue weighted by molar-refractivity contribution is 0.129. The number of nitrogens with one attached hydrogen (secondary N) is 1. The molecule has 1 aromatic rings. The molecule has 0 aromatic carbocycles. The molecule has 2 unspecified atom stereocenters. The van der Waals surface area contributed by atoms with Crippen LogP contribution in [0.15, 0.2) is 12.4 Å². The van der Waals surface area contributed by atoms with E-state index in [1.54, 1.807) is 0 Å². The smallest absolute Gasteiger partial charge is 0.122 e. The van der Waals surface area contributed by atoms with Gasteiger partial charge < -0.3 is 9.88 Å². The van der Waals surface area contributed by atoms with Crippen LogP contribution >= 0.6 is 0 Å². The van der Waals surface area contributed by atoms with Crippen LogP contribution in [0, 0.1) is 11.3 Å². The van der Waals surface area contributed by atoms with Crippen molar-refractivity contribution in [1.29, 1.82) is 0 Å². The summed E-state index contributed by atoms with van der Waals surface area (Å²) in [6.07, 6.45) is 9.32. The van der Waals surface area contributed by atoms with Crippen LogP contribution in [0.2, 0.25) is 0 Å². The first-order chi connectivity index (χ1) is 8.48. The summed E-state index contributed by atoms with van der Waals surface area (Å²) in [4.78, 5) is 4.39. The number of aromatic nitrogens is 2. The summed E-state index contributed by atoms with van der Waals surface area (Å²) in [6.45, 7) is 8.01. The van der Waals surface area contributed by atoms with Gasteiger partial charge in [0, 0.05) is 25.5 Å². The van der Waals surface area contributed by atoms with Crippen LogP contribution < -0.4 is 5.32 Å². The SMILES string of the molecule is Cn1ccnc1CNC1CCCCC1C(C)(C)C. The second-order valence-corrected chi connectivity index (χ2v) is 6.70. The Hall–Kier alpha value is -0.830. The molecule has 3 nitrogen and oxygen atoms in total. The van der Waals surface area contributed by atoms with E-state index in [1.165, 1.54) is 25.7 Å². The highest BCUT2D eigenvalue weighted by molar-refractivity contribution is 4.93. The van der Waals surface area contributed by atoms with Gasteiger partial charge in [-0.2, -0.15) is 0 Å². The molecule has 0 amide bonds. The van der Waals surface area contributed by atoms with Crippen LogP contribution in [0.4, 0.5) is 0 Å². The summed E-state index contributed by atoms with van der Waals surface area (Å²) in [6, 6.07) is 0.649. The summed E-state index contributed by atoms with van der Waals surface area (Å²) >= 11 is 0. The highest BCUT2D eigenvalue weighted by atomic mass is 15.1. The third-order valence-corrected chi connectivity index (χ3v) is 4.32. The molecule has 0 bridgehead atoms. The van der Waals surface area contributed by atoms with E-state index in [2.05, 4.69) is 42.7 Å². The quantitative estimate of drug-likeness (QED) is 0.892. The lowest BCUT2D eigenvalue weighted by Gasteiger charge is -2.41.